The van der Waals surface area contributed by atoms with Crippen molar-refractivity contribution in [3.8, 4) is 0 Å². The Kier molecular flexibility index (Phi) is 10.8. The third-order valence-corrected chi connectivity index (χ3v) is 5.76. The number of ether oxygens (including phenoxy) is 2. The summed E-state index contributed by atoms with van der Waals surface area (Å²) in [5.74, 6) is 2.37. The summed E-state index contributed by atoms with van der Waals surface area (Å²) in [6.45, 7) is 15.3. The van der Waals surface area contributed by atoms with Crippen LogP contribution in [0.1, 0.15) is 46.1 Å². The summed E-state index contributed by atoms with van der Waals surface area (Å²) < 4.78 is 11.6. The van der Waals surface area contributed by atoms with Gasteiger partial charge < -0.3 is 25.0 Å². The molecule has 2 unspecified atom stereocenters. The number of guanidine groups is 1. The van der Waals surface area contributed by atoms with Crippen molar-refractivity contribution in [2.75, 3.05) is 50.9 Å². The summed E-state index contributed by atoms with van der Waals surface area (Å²) in [6, 6.07) is 4.11. The number of hydrogen-bond acceptors (Lipinski definition) is 5. The zero-order valence-electron chi connectivity index (χ0n) is 19.5. The molecule has 2 N–H and O–H groups in total. The second-order valence-electron chi connectivity index (χ2n) is 9.22. The normalized spacial score (nSPS) is 22.6. The number of halogens is 1. The van der Waals surface area contributed by atoms with Crippen LogP contribution in [0, 0.1) is 11.3 Å². The molecule has 2 atom stereocenters. The Balaban J connectivity index is 0.00000341. The molecule has 176 valence electrons. The summed E-state index contributed by atoms with van der Waals surface area (Å²) in [5, 5.41) is 6.96. The molecule has 3 rings (SSSR count). The average Bonchev–Trinajstić information content (AvgIpc) is 2.76. The molecule has 31 heavy (non-hydrogen) atoms. The zero-order chi connectivity index (χ0) is 21.4. The Morgan fingerprint density at radius 2 is 2.00 bits per heavy atom. The van der Waals surface area contributed by atoms with Crippen molar-refractivity contribution in [1.82, 2.24) is 15.6 Å². The fraction of sp³-hybridized carbons (Fsp3) is 0.739. The Morgan fingerprint density at radius 1 is 1.23 bits per heavy atom. The number of pyridine rings is 1. The lowest BCUT2D eigenvalue weighted by Crippen LogP contribution is -2.47. The minimum Gasteiger partial charge on any atom is -0.378 e. The third kappa shape index (κ3) is 7.75. The molecule has 1 aromatic heterocycles. The first-order valence-corrected chi connectivity index (χ1v) is 11.4. The van der Waals surface area contributed by atoms with E-state index < -0.39 is 0 Å². The second kappa shape index (κ2) is 12.8. The van der Waals surface area contributed by atoms with E-state index in [0.717, 1.165) is 69.8 Å². The van der Waals surface area contributed by atoms with Crippen molar-refractivity contribution in [1.29, 1.82) is 0 Å². The van der Waals surface area contributed by atoms with Crippen LogP contribution in [0.25, 0.3) is 0 Å². The monoisotopic (exact) mass is 545 g/mol. The van der Waals surface area contributed by atoms with E-state index in [1.54, 1.807) is 0 Å². The topological polar surface area (TPSA) is 71.0 Å². The van der Waals surface area contributed by atoms with Gasteiger partial charge in [0.15, 0.2) is 5.96 Å². The van der Waals surface area contributed by atoms with Crippen molar-refractivity contribution in [3.63, 3.8) is 0 Å². The Bertz CT molecular complexity index is 689. The molecular weight excluding hydrogens is 505 g/mol. The third-order valence-electron chi connectivity index (χ3n) is 5.76. The predicted octanol–water partition coefficient (Wildman–Crippen LogP) is 3.43. The van der Waals surface area contributed by atoms with Crippen LogP contribution in [-0.2, 0) is 16.0 Å². The van der Waals surface area contributed by atoms with Crippen molar-refractivity contribution in [2.24, 2.45) is 16.3 Å². The number of hydrogen-bond donors (Lipinski definition) is 2. The van der Waals surface area contributed by atoms with E-state index in [9.17, 15) is 0 Å². The number of aromatic nitrogens is 1. The number of morpholine rings is 1. The average molecular weight is 546 g/mol. The van der Waals surface area contributed by atoms with Gasteiger partial charge in [-0.25, -0.2) is 9.98 Å². The molecule has 0 amide bonds. The molecule has 0 radical (unpaired) electrons. The van der Waals surface area contributed by atoms with Gasteiger partial charge in [0, 0.05) is 50.5 Å². The highest BCUT2D eigenvalue weighted by Crippen LogP contribution is 2.33. The summed E-state index contributed by atoms with van der Waals surface area (Å²) in [6.07, 6.45) is 4.45. The van der Waals surface area contributed by atoms with Gasteiger partial charge in [-0.3, -0.25) is 0 Å². The number of nitrogens with one attached hydrogen (secondary N) is 2. The van der Waals surface area contributed by atoms with Gasteiger partial charge in [0.1, 0.15) is 5.82 Å². The molecule has 0 aliphatic carbocycles. The van der Waals surface area contributed by atoms with Crippen molar-refractivity contribution in [2.45, 2.75) is 53.2 Å². The maximum absolute atomic E-state index is 6.14. The van der Waals surface area contributed by atoms with Crippen molar-refractivity contribution < 1.29 is 9.47 Å². The van der Waals surface area contributed by atoms with E-state index >= 15 is 0 Å². The van der Waals surface area contributed by atoms with Crippen molar-refractivity contribution in [3.05, 3.63) is 23.9 Å². The lowest BCUT2D eigenvalue weighted by molar-refractivity contribution is -0.0835. The lowest BCUT2D eigenvalue weighted by atomic mass is 9.78. The molecule has 0 spiro atoms. The van der Waals surface area contributed by atoms with E-state index in [1.165, 1.54) is 6.42 Å². The van der Waals surface area contributed by atoms with Gasteiger partial charge in [-0.05, 0) is 31.2 Å². The van der Waals surface area contributed by atoms with Crippen LogP contribution in [0.5, 0.6) is 0 Å². The maximum Gasteiger partial charge on any atom is 0.191 e. The number of anilines is 1. The Morgan fingerprint density at radius 3 is 2.71 bits per heavy atom. The molecule has 0 aromatic carbocycles. The Labute approximate surface area is 204 Å². The van der Waals surface area contributed by atoms with Gasteiger partial charge in [0.2, 0.25) is 0 Å². The zero-order valence-corrected chi connectivity index (χ0v) is 21.9. The van der Waals surface area contributed by atoms with Gasteiger partial charge in [0.25, 0.3) is 0 Å². The summed E-state index contributed by atoms with van der Waals surface area (Å²) in [5.41, 5.74) is 1.29. The molecule has 0 saturated carbocycles. The first-order valence-electron chi connectivity index (χ1n) is 11.4. The molecule has 7 nitrogen and oxygen atoms in total. The maximum atomic E-state index is 6.14. The summed E-state index contributed by atoms with van der Waals surface area (Å²) in [7, 11) is 0. The highest BCUT2D eigenvalue weighted by atomic mass is 127. The van der Waals surface area contributed by atoms with Gasteiger partial charge in [-0.15, -0.1) is 24.0 Å². The van der Waals surface area contributed by atoms with E-state index in [2.05, 4.69) is 54.3 Å². The fourth-order valence-electron chi connectivity index (χ4n) is 4.36. The highest BCUT2D eigenvalue weighted by Gasteiger charge is 2.35. The molecule has 2 fully saturated rings. The van der Waals surface area contributed by atoms with Crippen molar-refractivity contribution >= 4 is 35.8 Å². The molecule has 2 aliphatic heterocycles. The molecule has 2 aliphatic rings. The van der Waals surface area contributed by atoms with Crippen LogP contribution < -0.4 is 15.5 Å². The van der Waals surface area contributed by atoms with E-state index in [0.29, 0.717) is 12.5 Å². The van der Waals surface area contributed by atoms with E-state index in [-0.39, 0.29) is 35.5 Å². The van der Waals surface area contributed by atoms with E-state index in [4.69, 9.17) is 14.5 Å². The highest BCUT2D eigenvalue weighted by molar-refractivity contribution is 14.0. The first-order chi connectivity index (χ1) is 14.5. The van der Waals surface area contributed by atoms with Crippen LogP contribution in [-0.4, -0.2) is 63.0 Å². The number of aliphatic imine (C=N–C) groups is 1. The molecule has 1 aromatic rings. The summed E-state index contributed by atoms with van der Waals surface area (Å²) >= 11 is 0. The molecule has 2 saturated heterocycles. The van der Waals surface area contributed by atoms with Gasteiger partial charge in [-0.1, -0.05) is 26.8 Å². The van der Waals surface area contributed by atoms with Crippen LogP contribution >= 0.6 is 24.0 Å². The van der Waals surface area contributed by atoms with Crippen LogP contribution in [0.3, 0.4) is 0 Å². The minimum absolute atomic E-state index is 0. The SMILES string of the molecule is CCNC(=NCc1cccnc1N1CCOCC1)NCC1CCCOC1C(C)(C)C.I. The second-order valence-corrected chi connectivity index (χ2v) is 9.22. The van der Waals surface area contributed by atoms with Gasteiger partial charge >= 0.3 is 0 Å². The van der Waals surface area contributed by atoms with E-state index in [1.807, 2.05) is 12.3 Å². The first kappa shape index (κ1) is 26.1. The Hall–Kier alpha value is -1.13. The quantitative estimate of drug-likeness (QED) is 0.325. The molecule has 3 heterocycles. The number of nitrogens with zero attached hydrogens (tertiary/aromatic N) is 3. The van der Waals surface area contributed by atoms with Crippen LogP contribution in [0.15, 0.2) is 23.3 Å². The summed E-state index contributed by atoms with van der Waals surface area (Å²) in [4.78, 5) is 11.8. The smallest absolute Gasteiger partial charge is 0.191 e. The molecular formula is C23H40IN5O2. The van der Waals surface area contributed by atoms with Gasteiger partial charge in [0.05, 0.1) is 25.9 Å². The largest absolute Gasteiger partial charge is 0.378 e. The fourth-order valence-corrected chi connectivity index (χ4v) is 4.36. The molecule has 8 heteroatoms. The van der Waals surface area contributed by atoms with Gasteiger partial charge in [-0.2, -0.15) is 0 Å². The molecule has 0 bridgehead atoms. The van der Waals surface area contributed by atoms with Crippen LogP contribution in [0.2, 0.25) is 0 Å². The lowest BCUT2D eigenvalue weighted by Gasteiger charge is -2.40. The predicted molar refractivity (Wildman–Crippen MR) is 137 cm³/mol. The standard InChI is InChI=1S/C23H39N5O2.HI/c1-5-24-22(26-16-18-9-7-13-30-20(18)23(2,3)4)27-17-19-8-6-10-25-21(19)28-11-14-29-15-12-28;/h6,8,10,18,20H,5,7,9,11-17H2,1-4H3,(H2,24,26,27);1H. The minimum atomic E-state index is 0. The number of rotatable bonds is 6. The van der Waals surface area contributed by atoms with Crippen LogP contribution in [0.4, 0.5) is 5.82 Å².